The summed E-state index contributed by atoms with van der Waals surface area (Å²) in [5.41, 5.74) is 7.71. The van der Waals surface area contributed by atoms with E-state index in [9.17, 15) is 9.90 Å². The van der Waals surface area contributed by atoms with Gasteiger partial charge in [0.2, 0.25) is 0 Å². The average molecular weight is 412 g/mol. The third-order valence-corrected chi connectivity index (χ3v) is 6.64. The summed E-state index contributed by atoms with van der Waals surface area (Å²) in [6.45, 7) is 4.64. The van der Waals surface area contributed by atoms with Crippen molar-refractivity contribution in [2.45, 2.75) is 57.4 Å². The van der Waals surface area contributed by atoms with Gasteiger partial charge in [0.15, 0.2) is 0 Å². The molecule has 1 heterocycles. The number of benzene rings is 2. The van der Waals surface area contributed by atoms with Gasteiger partial charge in [0.1, 0.15) is 5.54 Å². The smallest absolute Gasteiger partial charge is 0.451 e. The molecule has 6 nitrogen and oxygen atoms in total. The Hall–Kier alpha value is -1.93. The molecular formula is C23H33BN2O4. The molecule has 7 heteroatoms. The van der Waals surface area contributed by atoms with Gasteiger partial charge in [-0.05, 0) is 73.4 Å². The van der Waals surface area contributed by atoms with Gasteiger partial charge in [-0.1, -0.05) is 49.2 Å². The van der Waals surface area contributed by atoms with Crippen LogP contribution >= 0.6 is 0 Å². The Bertz CT molecular complexity index is 867. The molecule has 1 fully saturated rings. The minimum Gasteiger partial charge on any atom is -0.480 e. The number of piperidine rings is 1. The lowest BCUT2D eigenvalue weighted by molar-refractivity contribution is -0.147. The quantitative estimate of drug-likeness (QED) is 0.373. The van der Waals surface area contributed by atoms with Crippen LogP contribution in [0, 0.1) is 12.8 Å². The maximum atomic E-state index is 12.0. The van der Waals surface area contributed by atoms with Gasteiger partial charge in [-0.15, -0.1) is 0 Å². The van der Waals surface area contributed by atoms with E-state index >= 15 is 0 Å². The lowest BCUT2D eigenvalue weighted by atomic mass is 9.74. The van der Waals surface area contributed by atoms with Gasteiger partial charge in [-0.25, -0.2) is 0 Å². The fourth-order valence-corrected chi connectivity index (χ4v) is 4.73. The monoisotopic (exact) mass is 412 g/mol. The summed E-state index contributed by atoms with van der Waals surface area (Å²) >= 11 is 0. The van der Waals surface area contributed by atoms with Crippen LogP contribution in [0.1, 0.15) is 43.2 Å². The number of aliphatic carboxylic acids is 1. The molecule has 0 saturated carbocycles. The number of hydrogen-bond donors (Lipinski definition) is 4. The normalized spacial score (nSPS) is 17.7. The van der Waals surface area contributed by atoms with Crippen molar-refractivity contribution in [1.29, 1.82) is 0 Å². The van der Waals surface area contributed by atoms with Gasteiger partial charge in [0.25, 0.3) is 0 Å². The van der Waals surface area contributed by atoms with Gasteiger partial charge < -0.3 is 20.9 Å². The van der Waals surface area contributed by atoms with Crippen molar-refractivity contribution in [3.8, 4) is 0 Å². The fourth-order valence-electron chi connectivity index (χ4n) is 4.73. The second kappa shape index (κ2) is 9.92. The average Bonchev–Trinajstić information content (AvgIpc) is 2.73. The highest BCUT2D eigenvalue weighted by atomic mass is 16.4. The van der Waals surface area contributed by atoms with Crippen LogP contribution in [-0.4, -0.2) is 51.8 Å². The molecule has 1 aliphatic rings. The van der Waals surface area contributed by atoms with Crippen molar-refractivity contribution in [3.63, 3.8) is 0 Å². The van der Waals surface area contributed by atoms with Crippen LogP contribution in [0.3, 0.4) is 0 Å². The van der Waals surface area contributed by atoms with Gasteiger partial charge in [0.05, 0.1) is 0 Å². The number of aryl methyl sites for hydroxylation is 1. The van der Waals surface area contributed by atoms with Crippen molar-refractivity contribution in [2.75, 3.05) is 13.1 Å². The molecule has 0 bridgehead atoms. The number of fused-ring (bicyclic) bond motifs is 1. The number of rotatable bonds is 9. The first-order valence-electron chi connectivity index (χ1n) is 10.9. The van der Waals surface area contributed by atoms with Crippen molar-refractivity contribution in [2.24, 2.45) is 11.7 Å². The highest BCUT2D eigenvalue weighted by molar-refractivity contribution is 6.40. The third-order valence-electron chi connectivity index (χ3n) is 6.64. The molecular weight excluding hydrogens is 379 g/mol. The lowest BCUT2D eigenvalue weighted by Gasteiger charge is -2.40. The number of likely N-dealkylation sites (tertiary alicyclic amines) is 1. The predicted octanol–water partition coefficient (Wildman–Crippen LogP) is 2.79. The highest BCUT2D eigenvalue weighted by Crippen LogP contribution is 2.32. The van der Waals surface area contributed by atoms with E-state index in [-0.39, 0.29) is 12.2 Å². The van der Waals surface area contributed by atoms with E-state index in [1.54, 1.807) is 0 Å². The maximum absolute atomic E-state index is 12.0. The van der Waals surface area contributed by atoms with Crippen molar-refractivity contribution in [1.82, 2.24) is 4.90 Å². The zero-order valence-corrected chi connectivity index (χ0v) is 17.8. The van der Waals surface area contributed by atoms with Crippen LogP contribution in [0.4, 0.5) is 0 Å². The third kappa shape index (κ3) is 5.21. The molecule has 0 aliphatic carbocycles. The Morgan fingerprint density at radius 1 is 1.13 bits per heavy atom. The molecule has 2 aromatic rings. The summed E-state index contributed by atoms with van der Waals surface area (Å²) < 4.78 is 0. The second-order valence-electron chi connectivity index (χ2n) is 8.71. The largest absolute Gasteiger partial charge is 0.480 e. The number of carboxylic acid groups (broad SMARTS) is 1. The van der Waals surface area contributed by atoms with E-state index in [1.165, 1.54) is 21.9 Å². The van der Waals surface area contributed by atoms with Gasteiger partial charge in [-0.2, -0.15) is 0 Å². The molecule has 30 heavy (non-hydrogen) atoms. The first-order valence-corrected chi connectivity index (χ1v) is 10.9. The van der Waals surface area contributed by atoms with Crippen LogP contribution < -0.4 is 5.73 Å². The number of unbranched alkanes of at least 4 members (excludes halogenated alkanes) is 1. The molecule has 0 radical (unpaired) electrons. The Morgan fingerprint density at radius 2 is 1.80 bits per heavy atom. The standard InChI is InChI=1S/C23H33BN2O4/c1-17-8-9-18(21-7-3-2-6-20(17)21)16-26-14-10-19(11-15-26)23(25,22(27)28)12-4-5-13-24(29)30/h2-3,6-9,19,29-30H,4-5,10-16,25H2,1H3,(H,27,28). The van der Waals surface area contributed by atoms with Crippen LogP contribution in [0.15, 0.2) is 36.4 Å². The molecule has 0 amide bonds. The summed E-state index contributed by atoms with van der Waals surface area (Å²) in [7, 11) is -1.34. The summed E-state index contributed by atoms with van der Waals surface area (Å²) in [4.78, 5) is 14.3. The Kier molecular flexibility index (Phi) is 7.52. The van der Waals surface area contributed by atoms with E-state index in [0.29, 0.717) is 19.3 Å². The molecule has 3 rings (SSSR count). The van der Waals surface area contributed by atoms with E-state index < -0.39 is 18.6 Å². The van der Waals surface area contributed by atoms with Crippen LogP contribution in [-0.2, 0) is 11.3 Å². The maximum Gasteiger partial charge on any atom is 0.451 e. The zero-order valence-electron chi connectivity index (χ0n) is 17.8. The molecule has 1 unspecified atom stereocenters. The molecule has 1 aliphatic heterocycles. The minimum absolute atomic E-state index is 0.0694. The second-order valence-corrected chi connectivity index (χ2v) is 8.71. The minimum atomic E-state index is -1.34. The molecule has 1 saturated heterocycles. The van der Waals surface area contributed by atoms with Crippen LogP contribution in [0.25, 0.3) is 10.8 Å². The predicted molar refractivity (Wildman–Crippen MR) is 120 cm³/mol. The van der Waals surface area contributed by atoms with E-state index in [2.05, 4.69) is 48.2 Å². The first-order chi connectivity index (χ1) is 14.3. The van der Waals surface area contributed by atoms with Crippen molar-refractivity contribution in [3.05, 3.63) is 47.5 Å². The number of carbonyl (C=O) groups is 1. The van der Waals surface area contributed by atoms with Crippen LogP contribution in [0.2, 0.25) is 6.32 Å². The van der Waals surface area contributed by atoms with Gasteiger partial charge in [-0.3, -0.25) is 9.69 Å². The summed E-state index contributed by atoms with van der Waals surface area (Å²) in [6, 6.07) is 12.8. The zero-order chi connectivity index (χ0) is 21.7. The van der Waals surface area contributed by atoms with E-state index in [1.807, 2.05) is 0 Å². The number of carboxylic acids is 1. The summed E-state index contributed by atoms with van der Waals surface area (Å²) in [5.74, 6) is -1.02. The van der Waals surface area contributed by atoms with Crippen molar-refractivity contribution >= 4 is 23.9 Å². The van der Waals surface area contributed by atoms with Gasteiger partial charge in [0, 0.05) is 6.54 Å². The molecule has 1 atom stereocenters. The lowest BCUT2D eigenvalue weighted by Crippen LogP contribution is -2.56. The molecule has 162 valence electrons. The number of hydrogen-bond acceptors (Lipinski definition) is 5. The van der Waals surface area contributed by atoms with E-state index in [4.69, 9.17) is 15.8 Å². The molecule has 2 aromatic carbocycles. The molecule has 0 aromatic heterocycles. The topological polar surface area (TPSA) is 107 Å². The van der Waals surface area contributed by atoms with Crippen molar-refractivity contribution < 1.29 is 19.9 Å². The molecule has 0 spiro atoms. The summed E-state index contributed by atoms with van der Waals surface area (Å²) in [6.07, 6.45) is 3.27. The molecule has 5 N–H and O–H groups in total. The summed E-state index contributed by atoms with van der Waals surface area (Å²) in [5, 5.41) is 30.3. The van der Waals surface area contributed by atoms with Gasteiger partial charge >= 0.3 is 13.1 Å². The fraction of sp³-hybridized carbons (Fsp3) is 0.522. The first kappa shape index (κ1) is 22.8. The Balaban J connectivity index is 1.61. The Morgan fingerprint density at radius 3 is 2.43 bits per heavy atom. The Labute approximate surface area is 178 Å². The number of nitrogens with zero attached hydrogens (tertiary/aromatic N) is 1. The van der Waals surface area contributed by atoms with Crippen LogP contribution in [0.5, 0.6) is 0 Å². The van der Waals surface area contributed by atoms with E-state index in [0.717, 1.165) is 32.5 Å². The number of nitrogens with two attached hydrogens (primary N) is 1. The SMILES string of the molecule is Cc1ccc(CN2CCC(C(N)(CCCCB(O)O)C(=O)O)CC2)c2ccccc12. The highest BCUT2D eigenvalue weighted by Gasteiger charge is 2.42.